The molecule has 1 N–H and O–H groups in total. The van der Waals surface area contributed by atoms with Crippen LogP contribution in [0.5, 0.6) is 5.75 Å². The predicted octanol–water partition coefficient (Wildman–Crippen LogP) is 4.32. The van der Waals surface area contributed by atoms with E-state index in [2.05, 4.69) is 10.1 Å². The van der Waals surface area contributed by atoms with Crippen LogP contribution in [0, 0.1) is 0 Å². The number of esters is 1. The highest BCUT2D eigenvalue weighted by Crippen LogP contribution is 2.23. The van der Waals surface area contributed by atoms with Crippen LogP contribution in [0.3, 0.4) is 0 Å². The standard InChI is InChI=1S/C17H13Cl2F2NO4/c18-13-6-1-10(7-14(13)19)8-16(24)25-9-15(23)22-11-2-4-12(5-3-11)26-17(20)21/h1-7,17H,8-9H2,(H,22,23). The quantitative estimate of drug-likeness (QED) is 0.699. The molecule has 0 saturated carbocycles. The van der Waals surface area contributed by atoms with E-state index in [4.69, 9.17) is 27.9 Å². The maximum atomic E-state index is 12.1. The highest BCUT2D eigenvalue weighted by Gasteiger charge is 2.10. The maximum absolute atomic E-state index is 12.1. The number of rotatable bonds is 7. The Hall–Kier alpha value is -2.38. The Kier molecular flexibility index (Phi) is 7.17. The minimum Gasteiger partial charge on any atom is -0.455 e. The number of hydrogen-bond acceptors (Lipinski definition) is 4. The molecular formula is C17H13Cl2F2NO4. The number of halogens is 4. The van der Waals surface area contributed by atoms with Gasteiger partial charge in [0.2, 0.25) is 0 Å². The molecule has 0 fully saturated rings. The van der Waals surface area contributed by atoms with Gasteiger partial charge in [-0.15, -0.1) is 0 Å². The van der Waals surface area contributed by atoms with Gasteiger partial charge in [-0.3, -0.25) is 9.59 Å². The van der Waals surface area contributed by atoms with Crippen molar-refractivity contribution in [3.8, 4) is 5.75 Å². The summed E-state index contributed by atoms with van der Waals surface area (Å²) in [5.41, 5.74) is 0.941. The average Bonchev–Trinajstić information content (AvgIpc) is 2.58. The van der Waals surface area contributed by atoms with Gasteiger partial charge in [0.1, 0.15) is 5.75 Å². The molecule has 0 heterocycles. The van der Waals surface area contributed by atoms with E-state index in [9.17, 15) is 18.4 Å². The van der Waals surface area contributed by atoms with Crippen molar-refractivity contribution < 1.29 is 27.8 Å². The van der Waals surface area contributed by atoms with Gasteiger partial charge >= 0.3 is 12.6 Å². The Labute approximate surface area is 157 Å². The number of carbonyl (C=O) groups is 2. The van der Waals surface area contributed by atoms with E-state index in [0.717, 1.165) is 0 Å². The summed E-state index contributed by atoms with van der Waals surface area (Å²) in [4.78, 5) is 23.5. The Morgan fingerprint density at radius 1 is 1.04 bits per heavy atom. The summed E-state index contributed by atoms with van der Waals surface area (Å²) < 4.78 is 33.2. The highest BCUT2D eigenvalue weighted by atomic mass is 35.5. The van der Waals surface area contributed by atoms with Crippen LogP contribution in [0.25, 0.3) is 0 Å². The third-order valence-electron chi connectivity index (χ3n) is 3.06. The van der Waals surface area contributed by atoms with Gasteiger partial charge < -0.3 is 14.8 Å². The summed E-state index contributed by atoms with van der Waals surface area (Å²) in [6, 6.07) is 10.0. The zero-order valence-electron chi connectivity index (χ0n) is 13.2. The third kappa shape index (κ3) is 6.50. The van der Waals surface area contributed by atoms with E-state index >= 15 is 0 Å². The fourth-order valence-corrected chi connectivity index (χ4v) is 2.25. The molecule has 2 aromatic rings. The van der Waals surface area contributed by atoms with Crippen molar-refractivity contribution in [3.63, 3.8) is 0 Å². The van der Waals surface area contributed by atoms with Crippen LogP contribution in [0.15, 0.2) is 42.5 Å². The number of alkyl halides is 2. The second-order valence-corrected chi connectivity index (χ2v) is 5.85. The Morgan fingerprint density at radius 3 is 2.35 bits per heavy atom. The minimum absolute atomic E-state index is 0.0361. The molecule has 1 amide bonds. The Bertz CT molecular complexity index is 785. The van der Waals surface area contributed by atoms with Crippen molar-refractivity contribution in [2.24, 2.45) is 0 Å². The first-order chi connectivity index (χ1) is 12.3. The average molecular weight is 404 g/mol. The summed E-state index contributed by atoms with van der Waals surface area (Å²) in [6.07, 6.45) is -0.0656. The largest absolute Gasteiger partial charge is 0.455 e. The molecule has 0 saturated heterocycles. The van der Waals surface area contributed by atoms with Crippen molar-refractivity contribution in [2.45, 2.75) is 13.0 Å². The van der Waals surface area contributed by atoms with Crippen molar-refractivity contribution in [1.82, 2.24) is 0 Å². The zero-order chi connectivity index (χ0) is 19.1. The SMILES string of the molecule is O=C(COC(=O)Cc1ccc(Cl)c(Cl)c1)Nc1ccc(OC(F)F)cc1. The van der Waals surface area contributed by atoms with Crippen molar-refractivity contribution in [2.75, 3.05) is 11.9 Å². The molecule has 0 bridgehead atoms. The lowest BCUT2D eigenvalue weighted by atomic mass is 10.1. The summed E-state index contributed by atoms with van der Waals surface area (Å²) in [7, 11) is 0. The molecule has 2 aromatic carbocycles. The second-order valence-electron chi connectivity index (χ2n) is 5.04. The number of hydrogen-bond donors (Lipinski definition) is 1. The first-order valence-electron chi connectivity index (χ1n) is 7.28. The van der Waals surface area contributed by atoms with E-state index < -0.39 is 25.1 Å². The summed E-state index contributed by atoms with van der Waals surface area (Å²) >= 11 is 11.6. The topological polar surface area (TPSA) is 64.6 Å². The van der Waals surface area contributed by atoms with Gasteiger partial charge in [0, 0.05) is 5.69 Å². The van der Waals surface area contributed by atoms with Gasteiger partial charge in [-0.05, 0) is 42.0 Å². The molecule has 0 aliphatic carbocycles. The van der Waals surface area contributed by atoms with Crippen LogP contribution in [0.1, 0.15) is 5.56 Å². The minimum atomic E-state index is -2.93. The van der Waals surface area contributed by atoms with Crippen LogP contribution >= 0.6 is 23.2 Å². The molecule has 0 aliphatic rings. The zero-order valence-corrected chi connectivity index (χ0v) is 14.7. The van der Waals surface area contributed by atoms with Gasteiger partial charge in [-0.25, -0.2) is 0 Å². The van der Waals surface area contributed by atoms with E-state index in [1.807, 2.05) is 0 Å². The predicted molar refractivity (Wildman–Crippen MR) is 92.8 cm³/mol. The van der Waals surface area contributed by atoms with Gasteiger partial charge in [-0.1, -0.05) is 29.3 Å². The number of nitrogens with one attached hydrogen (secondary N) is 1. The van der Waals surface area contributed by atoms with E-state index in [-0.39, 0.29) is 12.2 Å². The van der Waals surface area contributed by atoms with Crippen molar-refractivity contribution >= 4 is 40.8 Å². The smallest absolute Gasteiger partial charge is 0.387 e. The molecule has 0 radical (unpaired) electrons. The summed E-state index contributed by atoms with van der Waals surface area (Å²) in [5, 5.41) is 3.14. The maximum Gasteiger partial charge on any atom is 0.387 e. The molecule has 0 unspecified atom stereocenters. The fourth-order valence-electron chi connectivity index (χ4n) is 1.93. The van der Waals surface area contributed by atoms with Crippen LogP contribution in [-0.4, -0.2) is 25.1 Å². The van der Waals surface area contributed by atoms with Crippen molar-refractivity contribution in [3.05, 3.63) is 58.1 Å². The lowest BCUT2D eigenvalue weighted by Crippen LogP contribution is -2.21. The molecule has 26 heavy (non-hydrogen) atoms. The Balaban J connectivity index is 1.78. The number of ether oxygens (including phenoxy) is 2. The number of anilines is 1. The summed E-state index contributed by atoms with van der Waals surface area (Å²) in [6.45, 7) is -3.42. The normalized spacial score (nSPS) is 10.5. The monoisotopic (exact) mass is 403 g/mol. The van der Waals surface area contributed by atoms with Crippen LogP contribution < -0.4 is 10.1 Å². The third-order valence-corrected chi connectivity index (χ3v) is 3.80. The first kappa shape index (κ1) is 19.9. The van der Waals surface area contributed by atoms with Crippen molar-refractivity contribution in [1.29, 1.82) is 0 Å². The number of amides is 1. The van der Waals surface area contributed by atoms with Gasteiger partial charge in [-0.2, -0.15) is 8.78 Å². The van der Waals surface area contributed by atoms with Gasteiger partial charge in [0.05, 0.1) is 16.5 Å². The molecular weight excluding hydrogens is 391 g/mol. The molecule has 2 rings (SSSR count). The molecule has 0 atom stereocenters. The molecule has 5 nitrogen and oxygen atoms in total. The molecule has 0 spiro atoms. The van der Waals surface area contributed by atoms with E-state index in [0.29, 0.717) is 21.3 Å². The second kappa shape index (κ2) is 9.35. The lowest BCUT2D eigenvalue weighted by Gasteiger charge is -2.08. The van der Waals surface area contributed by atoms with Crippen LogP contribution in [0.2, 0.25) is 10.0 Å². The lowest BCUT2D eigenvalue weighted by molar-refractivity contribution is -0.146. The van der Waals surface area contributed by atoms with Gasteiger partial charge in [0.25, 0.3) is 5.91 Å². The van der Waals surface area contributed by atoms with Crippen LogP contribution in [-0.2, 0) is 20.7 Å². The van der Waals surface area contributed by atoms with E-state index in [1.165, 1.54) is 30.3 Å². The Morgan fingerprint density at radius 2 is 1.73 bits per heavy atom. The van der Waals surface area contributed by atoms with E-state index in [1.54, 1.807) is 12.1 Å². The summed E-state index contributed by atoms with van der Waals surface area (Å²) in [5.74, 6) is -1.22. The van der Waals surface area contributed by atoms with Crippen LogP contribution in [0.4, 0.5) is 14.5 Å². The molecule has 138 valence electrons. The van der Waals surface area contributed by atoms with Gasteiger partial charge in [0.15, 0.2) is 6.61 Å². The molecule has 9 heteroatoms. The fraction of sp³-hybridized carbons (Fsp3) is 0.176. The molecule has 0 aliphatic heterocycles. The number of benzene rings is 2. The number of carbonyl (C=O) groups excluding carboxylic acids is 2. The first-order valence-corrected chi connectivity index (χ1v) is 8.03. The highest BCUT2D eigenvalue weighted by molar-refractivity contribution is 6.42. The molecule has 0 aromatic heterocycles.